The molecule has 25 heavy (non-hydrogen) atoms. The highest BCUT2D eigenvalue weighted by molar-refractivity contribution is 7.15. The lowest BCUT2D eigenvalue weighted by Crippen LogP contribution is -2.01. The second-order valence-corrected chi connectivity index (χ2v) is 6.66. The first kappa shape index (κ1) is 17.4. The first-order chi connectivity index (χ1) is 12.1. The summed E-state index contributed by atoms with van der Waals surface area (Å²) in [5.74, 6) is -1.01. The maximum atomic E-state index is 14.8. The molecule has 0 fully saturated rings. The van der Waals surface area contributed by atoms with E-state index in [0.29, 0.717) is 11.3 Å². The molecule has 3 aromatic rings. The monoisotopic (exact) mass is 360 g/mol. The average molecular weight is 360 g/mol. The zero-order valence-corrected chi connectivity index (χ0v) is 14.8. The molecular formula is C20H18F2O2S. The van der Waals surface area contributed by atoms with Crippen LogP contribution in [0.25, 0.3) is 10.4 Å². The van der Waals surface area contributed by atoms with Gasteiger partial charge in [0.05, 0.1) is 7.11 Å². The molecule has 130 valence electrons. The average Bonchev–Trinajstić information content (AvgIpc) is 3.11. The van der Waals surface area contributed by atoms with Crippen LogP contribution in [-0.2, 0) is 13.0 Å². The molecule has 0 spiro atoms. The van der Waals surface area contributed by atoms with E-state index in [-0.39, 0.29) is 12.4 Å². The molecule has 0 aliphatic carbocycles. The molecule has 0 aliphatic heterocycles. The Labute approximate surface area is 149 Å². The summed E-state index contributed by atoms with van der Waals surface area (Å²) in [6.45, 7) is 2.12. The van der Waals surface area contributed by atoms with Crippen molar-refractivity contribution in [3.8, 4) is 21.9 Å². The van der Waals surface area contributed by atoms with E-state index in [9.17, 15) is 8.78 Å². The summed E-state index contributed by atoms with van der Waals surface area (Å²) < 4.78 is 39.4. The minimum Gasteiger partial charge on any atom is -0.497 e. The second-order valence-electron chi connectivity index (χ2n) is 5.49. The lowest BCUT2D eigenvalue weighted by Gasteiger charge is -2.11. The molecule has 3 rings (SSSR count). The molecule has 2 aromatic carbocycles. The first-order valence-electron chi connectivity index (χ1n) is 7.95. The van der Waals surface area contributed by atoms with Gasteiger partial charge in [0.15, 0.2) is 17.4 Å². The number of rotatable bonds is 6. The third kappa shape index (κ3) is 3.82. The minimum absolute atomic E-state index is 0.0753. The van der Waals surface area contributed by atoms with Gasteiger partial charge < -0.3 is 9.47 Å². The number of benzene rings is 2. The molecule has 1 heterocycles. The second kappa shape index (κ2) is 7.66. The Kier molecular flexibility index (Phi) is 5.34. The highest BCUT2D eigenvalue weighted by Gasteiger charge is 2.17. The van der Waals surface area contributed by atoms with Crippen LogP contribution in [0.5, 0.6) is 11.5 Å². The normalized spacial score (nSPS) is 10.7. The van der Waals surface area contributed by atoms with Crippen LogP contribution < -0.4 is 9.47 Å². The van der Waals surface area contributed by atoms with Crippen molar-refractivity contribution >= 4 is 11.3 Å². The zero-order chi connectivity index (χ0) is 17.8. The van der Waals surface area contributed by atoms with Gasteiger partial charge in [0.2, 0.25) is 0 Å². The largest absolute Gasteiger partial charge is 0.497 e. The quantitative estimate of drug-likeness (QED) is 0.549. The summed E-state index contributed by atoms with van der Waals surface area (Å²) in [5, 5.41) is 0. The van der Waals surface area contributed by atoms with E-state index in [0.717, 1.165) is 21.7 Å². The Balaban J connectivity index is 1.83. The van der Waals surface area contributed by atoms with Gasteiger partial charge in [0.1, 0.15) is 12.4 Å². The van der Waals surface area contributed by atoms with Crippen molar-refractivity contribution in [3.63, 3.8) is 0 Å². The number of hydrogen-bond donors (Lipinski definition) is 0. The third-order valence-electron chi connectivity index (χ3n) is 3.87. The van der Waals surface area contributed by atoms with Gasteiger partial charge >= 0.3 is 0 Å². The van der Waals surface area contributed by atoms with Crippen molar-refractivity contribution < 1.29 is 18.3 Å². The maximum absolute atomic E-state index is 14.8. The molecule has 0 saturated carbocycles. The smallest absolute Gasteiger partial charge is 0.191 e. The van der Waals surface area contributed by atoms with E-state index in [4.69, 9.17) is 9.47 Å². The predicted octanol–water partition coefficient (Wildman–Crippen LogP) is 5.84. The van der Waals surface area contributed by atoms with Crippen molar-refractivity contribution in [2.75, 3.05) is 7.11 Å². The topological polar surface area (TPSA) is 18.5 Å². The number of thiophene rings is 1. The van der Waals surface area contributed by atoms with Gasteiger partial charge in [0.25, 0.3) is 0 Å². The molecule has 0 bridgehead atoms. The van der Waals surface area contributed by atoms with Crippen LogP contribution in [0.15, 0.2) is 48.5 Å². The summed E-state index contributed by atoms with van der Waals surface area (Å²) in [5.41, 5.74) is 1.16. The fourth-order valence-electron chi connectivity index (χ4n) is 2.45. The van der Waals surface area contributed by atoms with Crippen molar-refractivity contribution in [2.45, 2.75) is 20.0 Å². The Morgan fingerprint density at radius 1 is 0.960 bits per heavy atom. The summed E-state index contributed by atoms with van der Waals surface area (Å²) in [7, 11) is 1.58. The maximum Gasteiger partial charge on any atom is 0.191 e. The fraction of sp³-hybridized carbons (Fsp3) is 0.200. The minimum atomic E-state index is -0.706. The van der Waals surface area contributed by atoms with Crippen LogP contribution in [0.2, 0.25) is 0 Å². The van der Waals surface area contributed by atoms with E-state index in [2.05, 4.69) is 0 Å². The highest BCUT2D eigenvalue weighted by atomic mass is 32.1. The van der Waals surface area contributed by atoms with Crippen molar-refractivity contribution in [1.82, 2.24) is 0 Å². The number of ether oxygens (including phenoxy) is 2. The molecule has 0 atom stereocenters. The van der Waals surface area contributed by atoms with E-state index in [1.165, 1.54) is 23.5 Å². The zero-order valence-electron chi connectivity index (χ0n) is 14.0. The lowest BCUT2D eigenvalue weighted by atomic mass is 10.1. The van der Waals surface area contributed by atoms with Gasteiger partial charge in [-0.3, -0.25) is 0 Å². The van der Waals surface area contributed by atoms with Crippen LogP contribution in [0.3, 0.4) is 0 Å². The molecule has 5 heteroatoms. The van der Waals surface area contributed by atoms with E-state index in [1.807, 2.05) is 19.1 Å². The predicted molar refractivity (Wildman–Crippen MR) is 96.4 cm³/mol. The van der Waals surface area contributed by atoms with Crippen LogP contribution in [0.4, 0.5) is 8.78 Å². The Hall–Kier alpha value is -2.40. The van der Waals surface area contributed by atoms with Crippen molar-refractivity contribution in [1.29, 1.82) is 0 Å². The molecule has 0 radical (unpaired) electrons. The number of halogens is 2. The van der Waals surface area contributed by atoms with E-state index >= 15 is 0 Å². The molecule has 0 amide bonds. The SMILES string of the molecule is CCc1ccc(-c2ccc(F)c(OCc3ccc(OC)cc3)c2F)s1. The van der Waals surface area contributed by atoms with Gasteiger partial charge in [-0.25, -0.2) is 8.78 Å². The van der Waals surface area contributed by atoms with Gasteiger partial charge in [0, 0.05) is 15.3 Å². The van der Waals surface area contributed by atoms with Crippen molar-refractivity contribution in [3.05, 3.63) is 70.6 Å². The van der Waals surface area contributed by atoms with Crippen LogP contribution in [0, 0.1) is 11.6 Å². The summed E-state index contributed by atoms with van der Waals surface area (Å²) in [6.07, 6.45) is 0.883. The molecule has 0 N–H and O–H groups in total. The third-order valence-corrected chi connectivity index (χ3v) is 5.13. The molecule has 0 saturated heterocycles. The Bertz CT molecular complexity index is 857. The number of methoxy groups -OCH3 is 1. The first-order valence-corrected chi connectivity index (χ1v) is 8.76. The van der Waals surface area contributed by atoms with Crippen LogP contribution in [-0.4, -0.2) is 7.11 Å². The molecule has 0 unspecified atom stereocenters. The Morgan fingerprint density at radius 2 is 1.72 bits per heavy atom. The summed E-state index contributed by atoms with van der Waals surface area (Å²) in [4.78, 5) is 1.92. The fourth-order valence-corrected chi connectivity index (χ4v) is 3.41. The number of aryl methyl sites for hydroxylation is 1. The summed E-state index contributed by atoms with van der Waals surface area (Å²) >= 11 is 1.50. The van der Waals surface area contributed by atoms with Gasteiger partial charge in [-0.1, -0.05) is 19.1 Å². The van der Waals surface area contributed by atoms with Crippen LogP contribution in [0.1, 0.15) is 17.4 Å². The molecule has 2 nitrogen and oxygen atoms in total. The standard InChI is InChI=1S/C20H18F2O2S/c1-3-15-8-11-18(25-15)16-9-10-17(21)20(19(16)22)24-12-13-4-6-14(23-2)7-5-13/h4-11H,3,12H2,1-2H3. The van der Waals surface area contributed by atoms with Crippen LogP contribution >= 0.6 is 11.3 Å². The summed E-state index contributed by atoms with van der Waals surface area (Å²) in [6, 6.07) is 13.7. The lowest BCUT2D eigenvalue weighted by molar-refractivity contribution is 0.274. The highest BCUT2D eigenvalue weighted by Crippen LogP contribution is 2.35. The molecule has 1 aromatic heterocycles. The van der Waals surface area contributed by atoms with E-state index in [1.54, 1.807) is 31.4 Å². The molecule has 0 aliphatic rings. The molecular weight excluding hydrogens is 342 g/mol. The van der Waals surface area contributed by atoms with Crippen molar-refractivity contribution in [2.24, 2.45) is 0 Å². The van der Waals surface area contributed by atoms with E-state index < -0.39 is 11.6 Å². The Morgan fingerprint density at radius 3 is 2.36 bits per heavy atom. The number of hydrogen-bond acceptors (Lipinski definition) is 3. The van der Waals surface area contributed by atoms with Gasteiger partial charge in [-0.05, 0) is 48.4 Å². The van der Waals surface area contributed by atoms with Gasteiger partial charge in [-0.2, -0.15) is 0 Å². The van der Waals surface area contributed by atoms with Gasteiger partial charge in [-0.15, -0.1) is 11.3 Å².